The minimum absolute atomic E-state index is 0.0656. The van der Waals surface area contributed by atoms with E-state index in [1.165, 1.54) is 23.4 Å². The molecule has 7 nitrogen and oxygen atoms in total. The topological polar surface area (TPSA) is 86.8 Å². The smallest absolute Gasteiger partial charge is 0.251 e. The van der Waals surface area contributed by atoms with Crippen LogP contribution in [0.25, 0.3) is 0 Å². The van der Waals surface area contributed by atoms with Gasteiger partial charge in [0.15, 0.2) is 0 Å². The molecule has 3 aromatic carbocycles. The standard InChI is InChI=1S/C27H29N3O4S/c1-21(31)29-15-17-30(18-16-29)35(33,34)25-14-8-13-24(20-25)27(32)28-26(23-11-6-3-7-12-23)19-22-9-4-2-5-10-22/h2-14,20,26H,15-19H2,1H3,(H,28,32)/t26-/m0/s1. The SMILES string of the molecule is CC(=O)N1CCN(S(=O)(=O)c2cccc(C(=O)N[C@@H](Cc3ccccc3)c3ccccc3)c2)CC1. The molecule has 8 heteroatoms. The van der Waals surface area contributed by atoms with E-state index in [0.29, 0.717) is 19.5 Å². The Kier molecular flexibility index (Phi) is 7.63. The van der Waals surface area contributed by atoms with Crippen LogP contribution in [0.3, 0.4) is 0 Å². The Labute approximate surface area is 206 Å². The van der Waals surface area contributed by atoms with Crippen molar-refractivity contribution in [2.45, 2.75) is 24.3 Å². The predicted molar refractivity (Wildman–Crippen MR) is 134 cm³/mol. The summed E-state index contributed by atoms with van der Waals surface area (Å²) >= 11 is 0. The predicted octanol–water partition coefficient (Wildman–Crippen LogP) is 3.25. The zero-order valence-corrected chi connectivity index (χ0v) is 20.4. The molecule has 0 aromatic heterocycles. The van der Waals surface area contributed by atoms with Crippen LogP contribution in [-0.2, 0) is 21.2 Å². The molecule has 0 spiro atoms. The van der Waals surface area contributed by atoms with Gasteiger partial charge < -0.3 is 10.2 Å². The summed E-state index contributed by atoms with van der Waals surface area (Å²) < 4.78 is 27.8. The monoisotopic (exact) mass is 491 g/mol. The van der Waals surface area contributed by atoms with Gasteiger partial charge in [-0.15, -0.1) is 0 Å². The van der Waals surface area contributed by atoms with Crippen LogP contribution in [0.2, 0.25) is 0 Å². The summed E-state index contributed by atoms with van der Waals surface area (Å²) in [4.78, 5) is 26.5. The van der Waals surface area contributed by atoms with E-state index in [2.05, 4.69) is 5.32 Å². The number of piperazine rings is 1. The number of benzene rings is 3. The normalized spacial score (nSPS) is 15.4. The van der Waals surface area contributed by atoms with Gasteiger partial charge in [0.25, 0.3) is 5.91 Å². The van der Waals surface area contributed by atoms with Crippen LogP contribution in [0.15, 0.2) is 89.8 Å². The van der Waals surface area contributed by atoms with Crippen LogP contribution in [0, 0.1) is 0 Å². The Morgan fingerprint density at radius 1 is 0.857 bits per heavy atom. The summed E-state index contributed by atoms with van der Waals surface area (Å²) in [6.07, 6.45) is 0.606. The van der Waals surface area contributed by atoms with Crippen molar-refractivity contribution in [2.75, 3.05) is 26.2 Å². The van der Waals surface area contributed by atoms with E-state index in [4.69, 9.17) is 0 Å². The molecule has 0 radical (unpaired) electrons. The van der Waals surface area contributed by atoms with Gasteiger partial charge in [0, 0.05) is 38.7 Å². The number of carbonyl (C=O) groups is 2. The summed E-state index contributed by atoms with van der Waals surface area (Å²) in [5, 5.41) is 3.08. The van der Waals surface area contributed by atoms with E-state index >= 15 is 0 Å². The Balaban J connectivity index is 1.53. The molecule has 35 heavy (non-hydrogen) atoms. The van der Waals surface area contributed by atoms with Crippen LogP contribution in [0.5, 0.6) is 0 Å². The Hall–Kier alpha value is -3.49. The third kappa shape index (κ3) is 5.96. The van der Waals surface area contributed by atoms with Gasteiger partial charge in [-0.25, -0.2) is 8.42 Å². The van der Waals surface area contributed by atoms with Gasteiger partial charge in [0.05, 0.1) is 10.9 Å². The lowest BCUT2D eigenvalue weighted by Gasteiger charge is -2.33. The van der Waals surface area contributed by atoms with Crippen molar-refractivity contribution < 1.29 is 18.0 Å². The number of nitrogens with zero attached hydrogens (tertiary/aromatic N) is 2. The number of nitrogens with one attached hydrogen (secondary N) is 1. The fourth-order valence-corrected chi connectivity index (χ4v) is 5.69. The van der Waals surface area contributed by atoms with Crippen molar-refractivity contribution in [1.82, 2.24) is 14.5 Å². The van der Waals surface area contributed by atoms with Gasteiger partial charge in [0.1, 0.15) is 0 Å². The molecule has 1 saturated heterocycles. The Bertz CT molecular complexity index is 1270. The Morgan fingerprint density at radius 2 is 1.49 bits per heavy atom. The Morgan fingerprint density at radius 3 is 2.11 bits per heavy atom. The second-order valence-electron chi connectivity index (χ2n) is 8.56. The number of carbonyl (C=O) groups excluding carboxylic acids is 2. The van der Waals surface area contributed by atoms with Gasteiger partial charge in [-0.05, 0) is 35.7 Å². The minimum Gasteiger partial charge on any atom is -0.345 e. The van der Waals surface area contributed by atoms with Crippen molar-refractivity contribution in [1.29, 1.82) is 0 Å². The maximum absolute atomic E-state index is 13.2. The first-order chi connectivity index (χ1) is 16.8. The molecule has 1 aliphatic heterocycles. The molecule has 1 N–H and O–H groups in total. The molecule has 0 unspecified atom stereocenters. The van der Waals surface area contributed by atoms with Crippen LogP contribution in [-0.4, -0.2) is 55.6 Å². The number of hydrogen-bond acceptors (Lipinski definition) is 4. The third-order valence-corrected chi connectivity index (χ3v) is 8.10. The molecule has 1 fully saturated rings. The van der Waals surface area contributed by atoms with Gasteiger partial charge in [0.2, 0.25) is 15.9 Å². The first-order valence-corrected chi connectivity index (χ1v) is 13.0. The lowest BCUT2D eigenvalue weighted by Crippen LogP contribution is -2.49. The number of sulfonamides is 1. The van der Waals surface area contributed by atoms with Gasteiger partial charge in [-0.3, -0.25) is 9.59 Å². The molecule has 3 aromatic rings. The van der Waals surface area contributed by atoms with Gasteiger partial charge in [-0.1, -0.05) is 66.7 Å². The molecule has 0 aliphatic carbocycles. The van der Waals surface area contributed by atoms with Crippen molar-refractivity contribution in [3.63, 3.8) is 0 Å². The highest BCUT2D eigenvalue weighted by Crippen LogP contribution is 2.22. The lowest BCUT2D eigenvalue weighted by atomic mass is 9.98. The number of hydrogen-bond donors (Lipinski definition) is 1. The highest BCUT2D eigenvalue weighted by atomic mass is 32.2. The van der Waals surface area contributed by atoms with Crippen molar-refractivity contribution in [3.8, 4) is 0 Å². The van der Waals surface area contributed by atoms with E-state index in [-0.39, 0.29) is 41.4 Å². The molecule has 1 atom stereocenters. The first kappa shape index (κ1) is 24.6. The van der Waals surface area contributed by atoms with Crippen LogP contribution in [0.1, 0.15) is 34.5 Å². The fourth-order valence-electron chi connectivity index (χ4n) is 4.22. The van der Waals surface area contributed by atoms with Crippen molar-refractivity contribution in [2.24, 2.45) is 0 Å². The maximum Gasteiger partial charge on any atom is 0.251 e. The first-order valence-electron chi connectivity index (χ1n) is 11.6. The maximum atomic E-state index is 13.2. The second-order valence-corrected chi connectivity index (χ2v) is 10.5. The molecule has 4 rings (SSSR count). The van der Waals surface area contributed by atoms with Crippen LogP contribution in [0.4, 0.5) is 0 Å². The fraction of sp³-hybridized carbons (Fsp3) is 0.259. The highest BCUT2D eigenvalue weighted by molar-refractivity contribution is 7.89. The summed E-state index contributed by atoms with van der Waals surface area (Å²) in [6.45, 7) is 2.64. The lowest BCUT2D eigenvalue weighted by molar-refractivity contribution is -0.129. The summed E-state index contributed by atoms with van der Waals surface area (Å²) in [7, 11) is -3.78. The van der Waals surface area contributed by atoms with E-state index in [0.717, 1.165) is 11.1 Å². The van der Waals surface area contributed by atoms with E-state index in [1.54, 1.807) is 17.0 Å². The minimum atomic E-state index is -3.78. The quantitative estimate of drug-likeness (QED) is 0.550. The zero-order chi connectivity index (χ0) is 24.8. The average molecular weight is 492 g/mol. The number of amides is 2. The molecule has 182 valence electrons. The van der Waals surface area contributed by atoms with E-state index in [9.17, 15) is 18.0 Å². The zero-order valence-electron chi connectivity index (χ0n) is 19.6. The largest absolute Gasteiger partial charge is 0.345 e. The molecular weight excluding hydrogens is 462 g/mol. The van der Waals surface area contributed by atoms with Gasteiger partial charge in [-0.2, -0.15) is 4.31 Å². The summed E-state index contributed by atoms with van der Waals surface area (Å²) in [5.74, 6) is -0.405. The molecule has 2 amide bonds. The molecular formula is C27H29N3O4S. The van der Waals surface area contributed by atoms with Crippen molar-refractivity contribution in [3.05, 3.63) is 102 Å². The highest BCUT2D eigenvalue weighted by Gasteiger charge is 2.30. The average Bonchev–Trinajstić information content (AvgIpc) is 2.89. The summed E-state index contributed by atoms with van der Waals surface area (Å²) in [5.41, 5.74) is 2.34. The van der Waals surface area contributed by atoms with Crippen molar-refractivity contribution >= 4 is 21.8 Å². The molecule has 0 bridgehead atoms. The molecule has 0 saturated carbocycles. The van der Waals surface area contributed by atoms with Crippen LogP contribution >= 0.6 is 0 Å². The molecule has 1 aliphatic rings. The van der Waals surface area contributed by atoms with E-state index < -0.39 is 10.0 Å². The van der Waals surface area contributed by atoms with E-state index in [1.807, 2.05) is 60.7 Å². The number of rotatable bonds is 7. The molecule has 1 heterocycles. The third-order valence-electron chi connectivity index (χ3n) is 6.21. The van der Waals surface area contributed by atoms with Gasteiger partial charge >= 0.3 is 0 Å². The van der Waals surface area contributed by atoms with Crippen LogP contribution < -0.4 is 5.32 Å². The summed E-state index contributed by atoms with van der Waals surface area (Å²) in [6, 6.07) is 25.5. The second kappa shape index (κ2) is 10.8.